The molecular weight excluding hydrogens is 457 g/mol. The molecule has 0 saturated heterocycles. The van der Waals surface area contributed by atoms with Crippen LogP contribution >= 0.6 is 35.3 Å². The summed E-state index contributed by atoms with van der Waals surface area (Å²) in [5.41, 5.74) is 3.33. The molecule has 0 amide bonds. The van der Waals surface area contributed by atoms with Crippen LogP contribution in [0.2, 0.25) is 0 Å². The highest BCUT2D eigenvalue weighted by atomic mass is 127. The molecule has 0 saturated carbocycles. The van der Waals surface area contributed by atoms with E-state index in [1.807, 2.05) is 6.20 Å². The summed E-state index contributed by atoms with van der Waals surface area (Å²) in [7, 11) is 0. The van der Waals surface area contributed by atoms with Crippen molar-refractivity contribution in [3.05, 3.63) is 58.2 Å². The number of aliphatic imine (C=N–C) groups is 1. The second-order valence-corrected chi connectivity index (χ2v) is 6.95. The number of thiophene rings is 1. The van der Waals surface area contributed by atoms with Gasteiger partial charge in [0.25, 0.3) is 0 Å². The molecule has 0 atom stereocenters. The van der Waals surface area contributed by atoms with Crippen molar-refractivity contribution in [3.63, 3.8) is 0 Å². The van der Waals surface area contributed by atoms with Gasteiger partial charge in [0.1, 0.15) is 5.65 Å². The van der Waals surface area contributed by atoms with Crippen LogP contribution < -0.4 is 10.6 Å². The van der Waals surface area contributed by atoms with E-state index in [1.54, 1.807) is 11.3 Å². The fraction of sp³-hybridized carbons (Fsp3) is 0.368. The van der Waals surface area contributed by atoms with Gasteiger partial charge in [-0.3, -0.25) is 4.99 Å². The highest BCUT2D eigenvalue weighted by Crippen LogP contribution is 2.10. The topological polar surface area (TPSA) is 53.7 Å². The normalized spacial score (nSPS) is 11.4. The molecular formula is C19H26IN5S. The van der Waals surface area contributed by atoms with Crippen molar-refractivity contribution in [2.24, 2.45) is 4.99 Å². The smallest absolute Gasteiger partial charge is 0.191 e. The number of hydrogen-bond acceptors (Lipinski definition) is 3. The molecule has 7 heteroatoms. The van der Waals surface area contributed by atoms with E-state index in [-0.39, 0.29) is 24.0 Å². The molecule has 0 radical (unpaired) electrons. The second-order valence-electron chi connectivity index (χ2n) is 5.92. The minimum absolute atomic E-state index is 0. The number of guanidine groups is 1. The molecule has 0 unspecified atom stereocenters. The van der Waals surface area contributed by atoms with E-state index < -0.39 is 0 Å². The Kier molecular flexibility index (Phi) is 8.37. The van der Waals surface area contributed by atoms with Gasteiger partial charge in [-0.2, -0.15) is 0 Å². The molecule has 3 heterocycles. The highest BCUT2D eigenvalue weighted by molar-refractivity contribution is 14.0. The number of aryl methyl sites for hydroxylation is 1. The Morgan fingerprint density at radius 2 is 2.12 bits per heavy atom. The summed E-state index contributed by atoms with van der Waals surface area (Å²) in [5, 5.41) is 8.81. The van der Waals surface area contributed by atoms with E-state index in [0.29, 0.717) is 0 Å². The largest absolute Gasteiger partial charge is 0.357 e. The molecule has 0 aliphatic heterocycles. The number of rotatable bonds is 7. The van der Waals surface area contributed by atoms with Gasteiger partial charge in [0.15, 0.2) is 5.96 Å². The predicted molar refractivity (Wildman–Crippen MR) is 121 cm³/mol. The van der Waals surface area contributed by atoms with E-state index in [2.05, 4.69) is 69.7 Å². The Hall–Kier alpha value is -1.61. The van der Waals surface area contributed by atoms with Crippen molar-refractivity contribution >= 4 is 46.9 Å². The standard InChI is InChI=1S/C19H25N5S.HI/c1-3-20-19(22-11-9-17-7-5-13-25-17)21-10-8-16-14-24-12-4-6-15(2)18(24)23-16;/h4-7,12-14H,3,8-11H2,1-2H3,(H2,20,21,22);1H. The van der Waals surface area contributed by atoms with Crippen molar-refractivity contribution < 1.29 is 0 Å². The lowest BCUT2D eigenvalue weighted by molar-refractivity contribution is 0.790. The van der Waals surface area contributed by atoms with Crippen molar-refractivity contribution in [3.8, 4) is 0 Å². The lowest BCUT2D eigenvalue weighted by Crippen LogP contribution is -2.38. The van der Waals surface area contributed by atoms with Gasteiger partial charge in [0.2, 0.25) is 0 Å². The fourth-order valence-corrected chi connectivity index (χ4v) is 3.41. The molecule has 0 aliphatic rings. The SMILES string of the molecule is CCNC(=NCCc1cccs1)NCCc1cn2cccc(C)c2n1.I. The molecule has 0 spiro atoms. The van der Waals surface area contributed by atoms with Gasteiger partial charge in [0.05, 0.1) is 5.69 Å². The number of fused-ring (bicyclic) bond motifs is 1. The van der Waals surface area contributed by atoms with Gasteiger partial charge in [-0.1, -0.05) is 12.1 Å². The van der Waals surface area contributed by atoms with Crippen LogP contribution in [0.3, 0.4) is 0 Å². The van der Waals surface area contributed by atoms with E-state index >= 15 is 0 Å². The molecule has 2 N–H and O–H groups in total. The average Bonchev–Trinajstić information content (AvgIpc) is 3.25. The molecule has 3 aromatic heterocycles. The van der Waals surface area contributed by atoms with E-state index in [4.69, 9.17) is 4.98 Å². The molecule has 0 fully saturated rings. The maximum atomic E-state index is 4.72. The average molecular weight is 483 g/mol. The zero-order valence-electron chi connectivity index (χ0n) is 15.2. The molecule has 5 nitrogen and oxygen atoms in total. The van der Waals surface area contributed by atoms with Gasteiger partial charge >= 0.3 is 0 Å². The molecule has 0 bridgehead atoms. The van der Waals surface area contributed by atoms with Crippen molar-refractivity contribution in [2.75, 3.05) is 19.6 Å². The van der Waals surface area contributed by atoms with Crippen LogP contribution in [-0.2, 0) is 12.8 Å². The first kappa shape index (κ1) is 20.7. The Balaban J connectivity index is 0.00000243. The van der Waals surface area contributed by atoms with Gasteiger partial charge in [0, 0.05) is 49.7 Å². The lowest BCUT2D eigenvalue weighted by Gasteiger charge is -2.10. The maximum absolute atomic E-state index is 4.72. The Morgan fingerprint density at radius 1 is 1.23 bits per heavy atom. The van der Waals surface area contributed by atoms with Gasteiger partial charge in [-0.15, -0.1) is 35.3 Å². The highest BCUT2D eigenvalue weighted by Gasteiger charge is 2.04. The summed E-state index contributed by atoms with van der Waals surface area (Å²) in [6.45, 7) is 6.64. The minimum Gasteiger partial charge on any atom is -0.357 e. The number of nitrogens with one attached hydrogen (secondary N) is 2. The number of pyridine rings is 1. The van der Waals surface area contributed by atoms with Crippen LogP contribution in [0, 0.1) is 6.92 Å². The zero-order chi connectivity index (χ0) is 17.5. The first-order chi connectivity index (χ1) is 12.3. The van der Waals surface area contributed by atoms with Gasteiger partial charge < -0.3 is 15.0 Å². The number of halogens is 1. The monoisotopic (exact) mass is 483 g/mol. The van der Waals surface area contributed by atoms with Crippen LogP contribution in [0.1, 0.15) is 23.1 Å². The number of aromatic nitrogens is 2. The number of hydrogen-bond donors (Lipinski definition) is 2. The third kappa shape index (κ3) is 5.70. The van der Waals surface area contributed by atoms with Crippen molar-refractivity contribution in [1.82, 2.24) is 20.0 Å². The van der Waals surface area contributed by atoms with E-state index in [0.717, 1.165) is 49.8 Å². The molecule has 140 valence electrons. The van der Waals surface area contributed by atoms with Crippen LogP contribution in [-0.4, -0.2) is 35.0 Å². The number of imidazole rings is 1. The molecule has 26 heavy (non-hydrogen) atoms. The third-order valence-electron chi connectivity index (χ3n) is 3.95. The molecule has 0 aromatic carbocycles. The minimum atomic E-state index is 0. The van der Waals surface area contributed by atoms with Gasteiger partial charge in [-0.25, -0.2) is 4.98 Å². The van der Waals surface area contributed by atoms with Crippen LogP contribution in [0.4, 0.5) is 0 Å². The first-order valence-electron chi connectivity index (χ1n) is 8.74. The van der Waals surface area contributed by atoms with E-state index in [1.165, 1.54) is 10.4 Å². The van der Waals surface area contributed by atoms with Crippen molar-refractivity contribution in [1.29, 1.82) is 0 Å². The Bertz CT molecular complexity index is 826. The summed E-state index contributed by atoms with van der Waals surface area (Å²) in [4.78, 5) is 10.7. The van der Waals surface area contributed by atoms with E-state index in [9.17, 15) is 0 Å². The first-order valence-corrected chi connectivity index (χ1v) is 9.62. The molecule has 0 aliphatic carbocycles. The van der Waals surface area contributed by atoms with Gasteiger partial charge in [-0.05, 0) is 36.9 Å². The lowest BCUT2D eigenvalue weighted by atomic mass is 10.3. The van der Waals surface area contributed by atoms with Crippen LogP contribution in [0.5, 0.6) is 0 Å². The summed E-state index contributed by atoms with van der Waals surface area (Å²) >= 11 is 1.79. The molecule has 3 aromatic rings. The summed E-state index contributed by atoms with van der Waals surface area (Å²) in [6, 6.07) is 8.39. The quantitative estimate of drug-likeness (QED) is 0.307. The summed E-state index contributed by atoms with van der Waals surface area (Å²) < 4.78 is 2.09. The predicted octanol–water partition coefficient (Wildman–Crippen LogP) is 3.66. The second kappa shape index (κ2) is 10.5. The summed E-state index contributed by atoms with van der Waals surface area (Å²) in [6.07, 6.45) is 6.00. The molecule has 3 rings (SSSR count). The zero-order valence-corrected chi connectivity index (χ0v) is 18.4. The Morgan fingerprint density at radius 3 is 2.85 bits per heavy atom. The maximum Gasteiger partial charge on any atom is 0.191 e. The number of nitrogens with zero attached hydrogens (tertiary/aromatic N) is 3. The Labute approximate surface area is 176 Å². The fourth-order valence-electron chi connectivity index (χ4n) is 2.71. The third-order valence-corrected chi connectivity index (χ3v) is 4.89. The van der Waals surface area contributed by atoms with Crippen LogP contribution in [0.15, 0.2) is 47.0 Å². The van der Waals surface area contributed by atoms with Crippen molar-refractivity contribution in [2.45, 2.75) is 26.7 Å². The van der Waals surface area contributed by atoms with Crippen LogP contribution in [0.25, 0.3) is 5.65 Å². The summed E-state index contributed by atoms with van der Waals surface area (Å²) in [5.74, 6) is 0.874.